The molecular formula is C32H30ClN3O4. The van der Waals surface area contributed by atoms with Gasteiger partial charge in [0, 0.05) is 33.6 Å². The number of hydrogen-bond donors (Lipinski definition) is 2. The number of fused-ring (bicyclic) bond motifs is 7. The molecule has 4 aliphatic heterocycles. The van der Waals surface area contributed by atoms with Gasteiger partial charge < -0.3 is 15.4 Å². The molecule has 8 heteroatoms. The molecule has 0 saturated carbocycles. The number of carbonyl (C=O) groups is 3. The van der Waals surface area contributed by atoms with Crippen LogP contribution in [0.4, 0.5) is 11.4 Å². The van der Waals surface area contributed by atoms with Gasteiger partial charge in [-0.1, -0.05) is 36.7 Å². The van der Waals surface area contributed by atoms with E-state index in [1.165, 1.54) is 0 Å². The molecular weight excluding hydrogens is 526 g/mol. The number of aryl methyl sites for hydroxylation is 1. The molecule has 2 fully saturated rings. The average molecular weight is 556 g/mol. The van der Waals surface area contributed by atoms with Gasteiger partial charge in [0.25, 0.3) is 5.91 Å². The quantitative estimate of drug-likeness (QED) is 0.409. The van der Waals surface area contributed by atoms with E-state index in [2.05, 4.69) is 15.5 Å². The average Bonchev–Trinajstić information content (AvgIpc) is 3.67. The van der Waals surface area contributed by atoms with E-state index >= 15 is 0 Å². The number of para-hydroxylation sites is 1. The predicted octanol–water partition coefficient (Wildman–Crippen LogP) is 5.45. The Kier molecular flexibility index (Phi) is 5.64. The Hall–Kier alpha value is -3.68. The molecule has 4 aliphatic rings. The van der Waals surface area contributed by atoms with E-state index in [4.69, 9.17) is 16.3 Å². The molecule has 2 N–H and O–H groups in total. The Morgan fingerprint density at radius 3 is 2.60 bits per heavy atom. The minimum absolute atomic E-state index is 0.150. The smallest absolute Gasteiger partial charge is 0.251 e. The van der Waals surface area contributed by atoms with Crippen LogP contribution >= 0.6 is 11.6 Å². The lowest BCUT2D eigenvalue weighted by Crippen LogP contribution is -2.62. The van der Waals surface area contributed by atoms with Gasteiger partial charge in [0.15, 0.2) is 5.78 Å². The molecule has 4 atom stereocenters. The summed E-state index contributed by atoms with van der Waals surface area (Å²) in [4.78, 5) is 45.9. The number of nitrogens with zero attached hydrogens (tertiary/aromatic N) is 1. The standard InChI is InChI=1S/C32H30ClN3O4/c1-3-15-40-21-12-10-19(11-13-21)28(37)26-25-9-6-14-36(25)32(23-17-20(33)16-18(2)27(23)35-30(32)39)31(26)22-7-4-5-8-24(22)34-29(31)38/h4-5,7-8,10-13,16-17,25-26H,3,6,9,14-15H2,1-2H3,(H,34,38)(H,35,39)/t25-,26-,31+,32+/m1/s1. The maximum absolute atomic E-state index is 14.7. The number of Topliss-reactive ketones (excluding diaryl/α,β-unsaturated/α-hetero) is 1. The SMILES string of the molecule is CCCOc1ccc(C(=O)[C@H]2[C@H]3CCCN3[C@@]3(C(=O)Nc4c(C)cc(Cl)cc43)[C@]23C(=O)Nc2ccccc23)cc1. The van der Waals surface area contributed by atoms with Crippen molar-refractivity contribution in [1.29, 1.82) is 0 Å². The number of hydrogen-bond acceptors (Lipinski definition) is 5. The van der Waals surface area contributed by atoms with Gasteiger partial charge in [0.05, 0.1) is 12.5 Å². The summed E-state index contributed by atoms with van der Waals surface area (Å²) in [7, 11) is 0. The third kappa shape index (κ3) is 3.02. The van der Waals surface area contributed by atoms with Crippen LogP contribution in [-0.4, -0.2) is 41.7 Å². The number of nitrogens with one attached hydrogen (secondary N) is 2. The lowest BCUT2D eigenvalue weighted by molar-refractivity contribution is -0.137. The second-order valence-electron chi connectivity index (χ2n) is 11.2. The summed E-state index contributed by atoms with van der Waals surface area (Å²) in [5.41, 5.74) is 1.04. The largest absolute Gasteiger partial charge is 0.494 e. The fourth-order valence-corrected chi connectivity index (χ4v) is 8.20. The number of ketones is 1. The molecule has 0 unspecified atom stereocenters. The maximum atomic E-state index is 14.7. The van der Waals surface area contributed by atoms with E-state index in [-0.39, 0.29) is 23.6 Å². The normalized spacial score (nSPS) is 28.0. The van der Waals surface area contributed by atoms with Gasteiger partial charge in [0.2, 0.25) is 5.91 Å². The molecule has 0 bridgehead atoms. The Morgan fingerprint density at radius 1 is 1.05 bits per heavy atom. The van der Waals surface area contributed by atoms with Gasteiger partial charge >= 0.3 is 0 Å². The van der Waals surface area contributed by atoms with E-state index < -0.39 is 16.9 Å². The zero-order valence-corrected chi connectivity index (χ0v) is 23.2. The Morgan fingerprint density at radius 2 is 1.82 bits per heavy atom. The molecule has 3 aromatic carbocycles. The van der Waals surface area contributed by atoms with Crippen molar-refractivity contribution < 1.29 is 19.1 Å². The highest BCUT2D eigenvalue weighted by Crippen LogP contribution is 2.68. The molecule has 0 aromatic heterocycles. The third-order valence-corrected chi connectivity index (χ3v) is 9.48. The summed E-state index contributed by atoms with van der Waals surface area (Å²) in [6.07, 6.45) is 2.41. The first-order chi connectivity index (χ1) is 19.3. The Bertz CT molecular complexity index is 1590. The van der Waals surface area contributed by atoms with Crippen molar-refractivity contribution in [2.45, 2.75) is 50.1 Å². The maximum Gasteiger partial charge on any atom is 0.251 e. The molecule has 4 heterocycles. The van der Waals surface area contributed by atoms with Gasteiger partial charge in [-0.15, -0.1) is 0 Å². The molecule has 0 radical (unpaired) electrons. The lowest BCUT2D eigenvalue weighted by Gasteiger charge is -2.43. The molecule has 7 rings (SSSR count). The molecule has 2 saturated heterocycles. The highest BCUT2D eigenvalue weighted by atomic mass is 35.5. The molecule has 0 aliphatic carbocycles. The van der Waals surface area contributed by atoms with Gasteiger partial charge in [-0.3, -0.25) is 19.3 Å². The van der Waals surface area contributed by atoms with Gasteiger partial charge in [0.1, 0.15) is 16.7 Å². The summed E-state index contributed by atoms with van der Waals surface area (Å²) in [6.45, 7) is 5.12. The monoisotopic (exact) mass is 555 g/mol. The number of halogens is 1. The zero-order chi connectivity index (χ0) is 27.8. The highest BCUT2D eigenvalue weighted by molar-refractivity contribution is 6.31. The Labute approximate surface area is 237 Å². The van der Waals surface area contributed by atoms with Crippen molar-refractivity contribution >= 4 is 40.6 Å². The van der Waals surface area contributed by atoms with Gasteiger partial charge in [-0.2, -0.15) is 0 Å². The number of ether oxygens (including phenoxy) is 1. The number of carbonyl (C=O) groups excluding carboxylic acids is 3. The van der Waals surface area contributed by atoms with Crippen LogP contribution in [0.15, 0.2) is 60.7 Å². The summed E-state index contributed by atoms with van der Waals surface area (Å²) in [5, 5.41) is 6.68. The third-order valence-electron chi connectivity index (χ3n) is 9.26. The van der Waals surface area contributed by atoms with Crippen molar-refractivity contribution in [2.75, 3.05) is 23.8 Å². The summed E-state index contributed by atoms with van der Waals surface area (Å²) >= 11 is 6.62. The van der Waals surface area contributed by atoms with Gasteiger partial charge in [-0.25, -0.2) is 0 Å². The number of rotatable bonds is 5. The molecule has 2 spiro atoms. The number of benzene rings is 3. The van der Waals surface area contributed by atoms with Crippen LogP contribution in [0, 0.1) is 12.8 Å². The topological polar surface area (TPSA) is 87.7 Å². The number of amides is 2. The first-order valence-electron chi connectivity index (χ1n) is 13.9. The summed E-state index contributed by atoms with van der Waals surface area (Å²) in [5.74, 6) is -0.869. The number of anilines is 2. The highest BCUT2D eigenvalue weighted by Gasteiger charge is 2.81. The Balaban J connectivity index is 1.50. The molecule has 3 aromatic rings. The van der Waals surface area contributed by atoms with Crippen LogP contribution < -0.4 is 15.4 Å². The predicted molar refractivity (Wildman–Crippen MR) is 153 cm³/mol. The van der Waals surface area contributed by atoms with E-state index in [9.17, 15) is 14.4 Å². The second kappa shape index (κ2) is 8.91. The summed E-state index contributed by atoms with van der Waals surface area (Å²) in [6, 6.07) is 17.9. The van der Waals surface area contributed by atoms with Gasteiger partial charge in [-0.05, 0) is 86.3 Å². The van der Waals surface area contributed by atoms with Crippen molar-refractivity contribution in [3.8, 4) is 5.75 Å². The summed E-state index contributed by atoms with van der Waals surface area (Å²) < 4.78 is 5.74. The van der Waals surface area contributed by atoms with Crippen LogP contribution in [0.2, 0.25) is 5.02 Å². The molecule has 40 heavy (non-hydrogen) atoms. The van der Waals surface area contributed by atoms with E-state index in [0.29, 0.717) is 58.4 Å². The van der Waals surface area contributed by atoms with Crippen molar-refractivity contribution in [3.63, 3.8) is 0 Å². The van der Waals surface area contributed by atoms with E-state index in [1.807, 2.05) is 44.2 Å². The minimum atomic E-state index is -1.49. The minimum Gasteiger partial charge on any atom is -0.494 e. The van der Waals surface area contributed by atoms with Crippen molar-refractivity contribution in [3.05, 3.63) is 87.9 Å². The van der Waals surface area contributed by atoms with Crippen molar-refractivity contribution in [1.82, 2.24) is 4.90 Å². The molecule has 204 valence electrons. The van der Waals surface area contributed by atoms with Crippen LogP contribution in [0.1, 0.15) is 53.2 Å². The van der Waals surface area contributed by atoms with Crippen LogP contribution in [-0.2, 0) is 20.5 Å². The molecule has 7 nitrogen and oxygen atoms in total. The zero-order valence-electron chi connectivity index (χ0n) is 22.4. The first kappa shape index (κ1) is 25.3. The first-order valence-corrected chi connectivity index (χ1v) is 14.3. The van der Waals surface area contributed by atoms with Crippen molar-refractivity contribution in [2.24, 2.45) is 5.92 Å². The van der Waals surface area contributed by atoms with E-state index in [0.717, 1.165) is 18.4 Å². The van der Waals surface area contributed by atoms with E-state index in [1.54, 1.807) is 30.3 Å². The second-order valence-corrected chi connectivity index (χ2v) is 11.7. The fourth-order valence-electron chi connectivity index (χ4n) is 7.93. The van der Waals surface area contributed by atoms with Crippen LogP contribution in [0.3, 0.4) is 0 Å². The lowest BCUT2D eigenvalue weighted by atomic mass is 9.57. The fraction of sp³-hybridized carbons (Fsp3) is 0.344. The molecule has 2 amide bonds. The van der Waals surface area contributed by atoms with Crippen LogP contribution in [0.5, 0.6) is 5.75 Å². The van der Waals surface area contributed by atoms with Crippen LogP contribution in [0.25, 0.3) is 0 Å².